The molecular formula is C14H19N3O3S. The van der Waals surface area contributed by atoms with Crippen LogP contribution in [0.15, 0.2) is 35.7 Å². The first-order chi connectivity index (χ1) is 10.1. The van der Waals surface area contributed by atoms with E-state index in [1.165, 1.54) is 6.08 Å². The minimum atomic E-state index is -3.80. The molecule has 0 unspecified atom stereocenters. The maximum Gasteiger partial charge on any atom is 0.343 e. The predicted molar refractivity (Wildman–Crippen MR) is 81.5 cm³/mol. The zero-order chi connectivity index (χ0) is 15.1. The van der Waals surface area contributed by atoms with Gasteiger partial charge in [-0.15, -0.1) is 0 Å². The average Bonchev–Trinajstić information content (AvgIpc) is 2.47. The van der Waals surface area contributed by atoms with Gasteiger partial charge in [0.15, 0.2) is 0 Å². The fraction of sp³-hybridized carbons (Fsp3) is 0.357. The molecule has 0 aliphatic carbocycles. The molecule has 1 saturated heterocycles. The number of carbonyl (C=O) groups excluding carboxylic acids is 1. The van der Waals surface area contributed by atoms with Crippen LogP contribution in [-0.4, -0.2) is 32.5 Å². The summed E-state index contributed by atoms with van der Waals surface area (Å²) in [6, 6.07) is 8.29. The normalized spacial score (nSPS) is 16.8. The molecule has 0 spiro atoms. The summed E-state index contributed by atoms with van der Waals surface area (Å²) in [5, 5.41) is 2.72. The summed E-state index contributed by atoms with van der Waals surface area (Å²) in [5.41, 5.74) is 3.29. The number of urea groups is 1. The van der Waals surface area contributed by atoms with Crippen LogP contribution >= 0.6 is 0 Å². The van der Waals surface area contributed by atoms with E-state index in [0.29, 0.717) is 0 Å². The highest BCUT2D eigenvalue weighted by Gasteiger charge is 2.15. The van der Waals surface area contributed by atoms with Crippen molar-refractivity contribution in [3.63, 3.8) is 0 Å². The molecule has 7 heteroatoms. The maximum atomic E-state index is 11.8. The van der Waals surface area contributed by atoms with Crippen LogP contribution < -0.4 is 10.1 Å². The fourth-order valence-electron chi connectivity index (χ4n) is 2.07. The lowest BCUT2D eigenvalue weighted by atomic mass is 10.2. The highest BCUT2D eigenvalue weighted by Crippen LogP contribution is 2.06. The number of hydrogen-bond donors (Lipinski definition) is 2. The predicted octanol–water partition coefficient (Wildman–Crippen LogP) is 1.69. The number of hydrogen-bond acceptors (Lipinski definition) is 4. The third-order valence-electron chi connectivity index (χ3n) is 3.09. The number of hydrazine groups is 1. The summed E-state index contributed by atoms with van der Waals surface area (Å²) in [5.74, 6) is 0. The molecule has 1 aromatic rings. The van der Waals surface area contributed by atoms with Gasteiger partial charge in [-0.3, -0.25) is 5.43 Å². The molecule has 0 bridgehead atoms. The minimum absolute atomic E-state index is 0.727. The van der Waals surface area contributed by atoms with Crippen molar-refractivity contribution in [1.29, 1.82) is 0 Å². The third-order valence-corrected chi connectivity index (χ3v) is 4.05. The molecule has 1 fully saturated rings. The molecule has 114 valence electrons. The van der Waals surface area contributed by atoms with E-state index >= 15 is 0 Å². The highest BCUT2D eigenvalue weighted by molar-refractivity contribution is 7.93. The number of sulfonamides is 1. The molecule has 2 N–H and O–H groups in total. The van der Waals surface area contributed by atoms with Crippen LogP contribution in [0.3, 0.4) is 0 Å². The van der Waals surface area contributed by atoms with Crippen molar-refractivity contribution in [1.82, 2.24) is 15.2 Å². The Hall–Kier alpha value is -1.86. The van der Waals surface area contributed by atoms with Crippen molar-refractivity contribution < 1.29 is 13.2 Å². The molecule has 1 heterocycles. The first-order valence-corrected chi connectivity index (χ1v) is 8.41. The van der Waals surface area contributed by atoms with E-state index in [-0.39, 0.29) is 0 Å². The van der Waals surface area contributed by atoms with Crippen molar-refractivity contribution in [2.45, 2.75) is 19.3 Å². The molecule has 21 heavy (non-hydrogen) atoms. The first-order valence-electron chi connectivity index (χ1n) is 6.87. The molecular weight excluding hydrogens is 290 g/mol. The summed E-state index contributed by atoms with van der Waals surface area (Å²) in [6.45, 7) is 1.49. The summed E-state index contributed by atoms with van der Waals surface area (Å²) in [4.78, 5) is 11.7. The molecule has 2 amide bonds. The van der Waals surface area contributed by atoms with E-state index in [2.05, 4.69) is 5.43 Å². The van der Waals surface area contributed by atoms with E-state index in [0.717, 1.165) is 43.3 Å². The van der Waals surface area contributed by atoms with Gasteiger partial charge in [-0.25, -0.2) is 22.9 Å². The Balaban J connectivity index is 1.88. The Bertz CT molecular complexity index is 593. The molecule has 6 nitrogen and oxygen atoms in total. The SMILES string of the molecule is O=C(NN1CCCCC1)NS(=O)(=O)/C=C/c1ccccc1. The fourth-order valence-corrected chi connectivity index (χ4v) is 2.78. The Morgan fingerprint density at radius 2 is 1.76 bits per heavy atom. The average molecular weight is 309 g/mol. The lowest BCUT2D eigenvalue weighted by molar-refractivity contribution is 0.158. The van der Waals surface area contributed by atoms with Crippen LogP contribution in [0.5, 0.6) is 0 Å². The third kappa shape index (κ3) is 5.57. The van der Waals surface area contributed by atoms with Crippen LogP contribution in [0.25, 0.3) is 6.08 Å². The maximum absolute atomic E-state index is 11.8. The molecule has 0 saturated carbocycles. The number of nitrogens with zero attached hydrogens (tertiary/aromatic N) is 1. The van der Waals surface area contributed by atoms with Gasteiger partial charge in [0.2, 0.25) is 0 Å². The molecule has 0 radical (unpaired) electrons. The number of nitrogens with one attached hydrogen (secondary N) is 2. The minimum Gasteiger partial charge on any atom is -0.270 e. The van der Waals surface area contributed by atoms with Crippen molar-refractivity contribution >= 4 is 22.1 Å². The second kappa shape index (κ2) is 7.24. The second-order valence-electron chi connectivity index (χ2n) is 4.85. The molecule has 0 aromatic heterocycles. The Kier molecular flexibility index (Phi) is 5.35. The van der Waals surface area contributed by atoms with Crippen molar-refractivity contribution in [2.75, 3.05) is 13.1 Å². The van der Waals surface area contributed by atoms with Gasteiger partial charge in [-0.2, -0.15) is 0 Å². The van der Waals surface area contributed by atoms with Gasteiger partial charge < -0.3 is 0 Å². The van der Waals surface area contributed by atoms with Gasteiger partial charge in [0, 0.05) is 13.1 Å². The van der Waals surface area contributed by atoms with E-state index in [9.17, 15) is 13.2 Å². The standard InChI is InChI=1S/C14H19N3O3S/c18-14(15-17-10-5-2-6-11-17)16-21(19,20)12-9-13-7-3-1-4-8-13/h1,3-4,7-9,12H,2,5-6,10-11H2,(H2,15,16,18)/b12-9+. The van der Waals surface area contributed by atoms with Gasteiger partial charge in [-0.05, 0) is 24.5 Å². The Morgan fingerprint density at radius 3 is 2.43 bits per heavy atom. The van der Waals surface area contributed by atoms with Crippen LogP contribution in [0.1, 0.15) is 24.8 Å². The quantitative estimate of drug-likeness (QED) is 0.887. The molecule has 0 atom stereocenters. The van der Waals surface area contributed by atoms with Gasteiger partial charge in [0.05, 0.1) is 5.41 Å². The van der Waals surface area contributed by atoms with E-state index in [4.69, 9.17) is 0 Å². The molecule has 1 aromatic carbocycles. The molecule has 2 rings (SSSR count). The zero-order valence-corrected chi connectivity index (χ0v) is 12.5. The molecule has 1 aliphatic rings. The van der Waals surface area contributed by atoms with Crippen molar-refractivity contribution in [3.8, 4) is 0 Å². The van der Waals surface area contributed by atoms with Gasteiger partial charge >= 0.3 is 6.03 Å². The van der Waals surface area contributed by atoms with E-state index < -0.39 is 16.1 Å². The van der Waals surface area contributed by atoms with Crippen molar-refractivity contribution in [3.05, 3.63) is 41.3 Å². The van der Waals surface area contributed by atoms with Crippen LogP contribution in [-0.2, 0) is 10.0 Å². The van der Waals surface area contributed by atoms with Crippen LogP contribution in [0, 0.1) is 0 Å². The monoisotopic (exact) mass is 309 g/mol. The van der Waals surface area contributed by atoms with Crippen molar-refractivity contribution in [2.24, 2.45) is 0 Å². The Labute approximate surface area is 124 Å². The van der Waals surface area contributed by atoms with Crippen LogP contribution in [0.2, 0.25) is 0 Å². The lowest BCUT2D eigenvalue weighted by Crippen LogP contribution is -2.50. The second-order valence-corrected chi connectivity index (χ2v) is 6.42. The van der Waals surface area contributed by atoms with Crippen LogP contribution in [0.4, 0.5) is 4.79 Å². The topological polar surface area (TPSA) is 78.5 Å². The first kappa shape index (κ1) is 15.5. The Morgan fingerprint density at radius 1 is 1.10 bits per heavy atom. The summed E-state index contributed by atoms with van der Waals surface area (Å²) in [7, 11) is -3.80. The van der Waals surface area contributed by atoms with E-state index in [1.807, 2.05) is 22.9 Å². The number of rotatable bonds is 4. The number of carbonyl (C=O) groups is 1. The summed E-state index contributed by atoms with van der Waals surface area (Å²) >= 11 is 0. The number of piperidine rings is 1. The summed E-state index contributed by atoms with van der Waals surface area (Å²) in [6.07, 6.45) is 4.58. The smallest absolute Gasteiger partial charge is 0.270 e. The highest BCUT2D eigenvalue weighted by atomic mass is 32.2. The largest absolute Gasteiger partial charge is 0.343 e. The van der Waals surface area contributed by atoms with E-state index in [1.54, 1.807) is 17.1 Å². The molecule has 1 aliphatic heterocycles. The lowest BCUT2D eigenvalue weighted by Gasteiger charge is -2.26. The van der Waals surface area contributed by atoms with Gasteiger partial charge in [0.1, 0.15) is 0 Å². The zero-order valence-electron chi connectivity index (χ0n) is 11.7. The van der Waals surface area contributed by atoms with Gasteiger partial charge in [0.25, 0.3) is 10.0 Å². The van der Waals surface area contributed by atoms with Gasteiger partial charge in [-0.1, -0.05) is 36.8 Å². The summed E-state index contributed by atoms with van der Waals surface area (Å²) < 4.78 is 25.5. The number of benzene rings is 1. The number of amides is 2.